The van der Waals surface area contributed by atoms with E-state index >= 15 is 0 Å². The van der Waals surface area contributed by atoms with Crippen LogP contribution in [0.5, 0.6) is 5.75 Å². The lowest BCUT2D eigenvalue weighted by molar-refractivity contribution is 0.0534. The van der Waals surface area contributed by atoms with Crippen molar-refractivity contribution >= 4 is 31.7 Å². The largest absolute Gasteiger partial charge is 0.491 e. The molecule has 10 heteroatoms. The van der Waals surface area contributed by atoms with Gasteiger partial charge in [-0.2, -0.15) is 0 Å². The van der Waals surface area contributed by atoms with Crippen molar-refractivity contribution in [3.05, 3.63) is 29.8 Å². The van der Waals surface area contributed by atoms with Gasteiger partial charge in [0.2, 0.25) is 5.91 Å². The lowest BCUT2D eigenvalue weighted by atomic mass is 10.1. The number of hydrogen-bond acceptors (Lipinski definition) is 7. The molecule has 0 radical (unpaired) electrons. The molecule has 9 nitrogen and oxygen atoms in total. The van der Waals surface area contributed by atoms with E-state index in [4.69, 9.17) is 25.4 Å². The Morgan fingerprint density at radius 1 is 0.974 bits per heavy atom. The molecule has 0 saturated heterocycles. The van der Waals surface area contributed by atoms with Crippen molar-refractivity contribution in [2.24, 2.45) is 5.73 Å². The van der Waals surface area contributed by atoms with Crippen LogP contribution in [0, 0.1) is 0 Å². The molecule has 1 aromatic carbocycles. The van der Waals surface area contributed by atoms with Crippen LogP contribution in [0.1, 0.15) is 79.1 Å². The topological polar surface area (TPSA) is 138 Å². The van der Waals surface area contributed by atoms with Gasteiger partial charge in [-0.1, -0.05) is 53.7 Å². The summed E-state index contributed by atoms with van der Waals surface area (Å²) >= 11 is 0. The summed E-state index contributed by atoms with van der Waals surface area (Å²) in [7, 11) is -1.94. The second-order valence-electron chi connectivity index (χ2n) is 11.4. The number of primary amides is 1. The van der Waals surface area contributed by atoms with Crippen molar-refractivity contribution in [2.75, 3.05) is 37.4 Å². The second-order valence-corrected chi connectivity index (χ2v) is 16.9. The Morgan fingerprint density at radius 3 is 2.08 bits per heavy atom. The second kappa shape index (κ2) is 15.0. The summed E-state index contributed by atoms with van der Waals surface area (Å²) in [5, 5.41) is 5.89. The molecule has 0 bridgehead atoms. The molecule has 1 rings (SSSR count). The number of nitrogens with two attached hydrogens (primary N) is 2. The van der Waals surface area contributed by atoms with Gasteiger partial charge in [0.1, 0.15) is 17.0 Å². The highest BCUT2D eigenvalue weighted by Crippen LogP contribution is 2.42. The summed E-state index contributed by atoms with van der Waals surface area (Å²) in [5.74, 6) is -0.120. The Kier molecular flexibility index (Phi) is 13.2. The van der Waals surface area contributed by atoms with E-state index in [0.29, 0.717) is 66.5 Å². The number of carbonyl (C=O) groups excluding carboxylic acids is 2. The molecule has 0 heterocycles. The fourth-order valence-electron chi connectivity index (χ4n) is 4.86. The first-order valence-corrected chi connectivity index (χ1v) is 15.6. The molecule has 1 aromatic rings. The van der Waals surface area contributed by atoms with Crippen LogP contribution in [0.4, 0.5) is 16.2 Å². The van der Waals surface area contributed by atoms with E-state index in [0.717, 1.165) is 0 Å². The fourth-order valence-corrected chi connectivity index (χ4v) is 10.4. The summed E-state index contributed by atoms with van der Waals surface area (Å²) in [6.07, 6.45) is 3.88. The van der Waals surface area contributed by atoms with Gasteiger partial charge in [-0.15, -0.1) is 0 Å². The van der Waals surface area contributed by atoms with E-state index in [-0.39, 0.29) is 5.56 Å². The van der Waals surface area contributed by atoms with Crippen LogP contribution in [-0.2, 0) is 9.16 Å². The average molecular weight is 551 g/mol. The van der Waals surface area contributed by atoms with Gasteiger partial charge in [-0.25, -0.2) is 4.79 Å². The van der Waals surface area contributed by atoms with Crippen LogP contribution in [0.25, 0.3) is 0 Å². The molecule has 0 aliphatic carbocycles. The Hall–Kier alpha value is -2.72. The summed E-state index contributed by atoms with van der Waals surface area (Å²) < 4.78 is 17.9. The standard InChI is InChI=1S/C28H50N4O5Si/c1-19(2)38(20(3)4,21(5)6)36-16-12-15-35-24-18-22(26(30)33)17-23(29)25(24)31-13-10-11-14-32-27(34)37-28(7,8)9/h10-11,17-21,31H,12-16,29H2,1-9H3,(H2,30,33)(H,32,34)/b11-10+. The maximum atomic E-state index is 11.8. The van der Waals surface area contributed by atoms with Crippen LogP contribution >= 0.6 is 0 Å². The minimum absolute atomic E-state index is 0.280. The third-order valence-electron chi connectivity index (χ3n) is 6.35. The SMILES string of the molecule is CC(C)[Si](OCCCOc1cc(C(N)=O)cc(N)c1NC/C=C/CNC(=O)OC(C)(C)C)(C(C)C)C(C)C. The van der Waals surface area contributed by atoms with E-state index in [1.165, 1.54) is 6.07 Å². The molecule has 0 atom stereocenters. The van der Waals surface area contributed by atoms with Crippen LogP contribution in [0.15, 0.2) is 24.3 Å². The first-order valence-electron chi connectivity index (χ1n) is 13.5. The normalized spacial score (nSPS) is 12.4. The molecule has 38 heavy (non-hydrogen) atoms. The van der Waals surface area contributed by atoms with E-state index in [9.17, 15) is 9.59 Å². The zero-order valence-electron chi connectivity index (χ0n) is 24.8. The molecule has 0 aromatic heterocycles. The van der Waals surface area contributed by atoms with Crippen molar-refractivity contribution in [1.29, 1.82) is 0 Å². The van der Waals surface area contributed by atoms with Crippen molar-refractivity contribution < 1.29 is 23.5 Å². The molecule has 0 aliphatic rings. The lowest BCUT2D eigenvalue weighted by Gasteiger charge is -2.42. The van der Waals surface area contributed by atoms with Crippen LogP contribution in [-0.4, -0.2) is 52.2 Å². The summed E-state index contributed by atoms with van der Waals surface area (Å²) in [4.78, 5) is 23.5. The van der Waals surface area contributed by atoms with Gasteiger partial charge in [-0.3, -0.25) is 4.79 Å². The van der Waals surface area contributed by atoms with Crippen LogP contribution in [0.2, 0.25) is 16.6 Å². The van der Waals surface area contributed by atoms with Crippen molar-refractivity contribution in [2.45, 2.75) is 91.0 Å². The number of ether oxygens (including phenoxy) is 2. The predicted octanol–water partition coefficient (Wildman–Crippen LogP) is 5.82. The molecule has 6 N–H and O–H groups in total. The Bertz CT molecular complexity index is 920. The average Bonchev–Trinajstić information content (AvgIpc) is 2.77. The number of alkyl carbamates (subject to hydrolysis) is 1. The molecular weight excluding hydrogens is 500 g/mol. The molecule has 0 unspecified atom stereocenters. The summed E-state index contributed by atoms with van der Waals surface area (Å²) in [6.45, 7) is 20.8. The minimum Gasteiger partial charge on any atom is -0.491 e. The van der Waals surface area contributed by atoms with Crippen molar-refractivity contribution in [3.8, 4) is 5.75 Å². The van der Waals surface area contributed by atoms with E-state index in [1.807, 2.05) is 26.8 Å². The molecule has 0 saturated carbocycles. The van der Waals surface area contributed by atoms with Gasteiger partial charge in [-0.05, 0) is 49.5 Å². The molecule has 0 spiro atoms. The number of benzene rings is 1. The number of nitrogen functional groups attached to an aromatic ring is 1. The van der Waals surface area contributed by atoms with Gasteiger partial charge in [0.15, 0.2) is 8.32 Å². The number of nitrogens with one attached hydrogen (secondary N) is 2. The van der Waals surface area contributed by atoms with Crippen molar-refractivity contribution in [3.63, 3.8) is 0 Å². The zero-order chi connectivity index (χ0) is 29.1. The number of carbonyl (C=O) groups is 2. The highest BCUT2D eigenvalue weighted by molar-refractivity contribution is 6.77. The highest BCUT2D eigenvalue weighted by Gasteiger charge is 2.44. The number of amides is 2. The third kappa shape index (κ3) is 10.2. The maximum Gasteiger partial charge on any atom is 0.407 e. The Morgan fingerprint density at radius 2 is 1.55 bits per heavy atom. The predicted molar refractivity (Wildman–Crippen MR) is 158 cm³/mol. The summed E-state index contributed by atoms with van der Waals surface area (Å²) in [6, 6.07) is 3.13. The number of anilines is 2. The Balaban J connectivity index is 2.78. The molecular formula is C28H50N4O5Si. The first kappa shape index (κ1) is 33.3. The molecule has 0 fully saturated rings. The molecule has 0 aliphatic heterocycles. The fraction of sp³-hybridized carbons (Fsp3) is 0.643. The molecule has 2 amide bonds. The molecule has 216 valence electrons. The van der Waals surface area contributed by atoms with Gasteiger partial charge in [0, 0.05) is 31.7 Å². The number of hydrogen-bond donors (Lipinski definition) is 4. The van der Waals surface area contributed by atoms with Crippen LogP contribution in [0.3, 0.4) is 0 Å². The summed E-state index contributed by atoms with van der Waals surface area (Å²) in [5.41, 5.74) is 13.9. The third-order valence-corrected chi connectivity index (χ3v) is 12.5. The van der Waals surface area contributed by atoms with Gasteiger partial charge in [0.25, 0.3) is 0 Å². The van der Waals surface area contributed by atoms with Crippen molar-refractivity contribution in [1.82, 2.24) is 5.32 Å². The van der Waals surface area contributed by atoms with Gasteiger partial charge >= 0.3 is 6.09 Å². The monoisotopic (exact) mass is 550 g/mol. The number of rotatable bonds is 15. The van der Waals surface area contributed by atoms with Gasteiger partial charge in [0.05, 0.1) is 12.3 Å². The van der Waals surface area contributed by atoms with Crippen LogP contribution < -0.4 is 26.8 Å². The minimum atomic E-state index is -1.94. The smallest absolute Gasteiger partial charge is 0.407 e. The Labute approximate surface area is 230 Å². The van der Waals surface area contributed by atoms with E-state index in [1.54, 1.807) is 12.1 Å². The lowest BCUT2D eigenvalue weighted by Crippen LogP contribution is -2.48. The van der Waals surface area contributed by atoms with Gasteiger partial charge < -0.3 is 36.0 Å². The highest BCUT2D eigenvalue weighted by atomic mass is 28.4. The maximum absolute atomic E-state index is 11.8. The first-order chi connectivity index (χ1) is 17.6. The van der Waals surface area contributed by atoms with E-state index in [2.05, 4.69) is 52.2 Å². The van der Waals surface area contributed by atoms with E-state index < -0.39 is 25.9 Å². The zero-order valence-corrected chi connectivity index (χ0v) is 25.8. The quantitative estimate of drug-likeness (QED) is 0.0934.